The van der Waals surface area contributed by atoms with Gasteiger partial charge in [0.1, 0.15) is 5.36 Å². The molecule has 1 aromatic rings. The molecule has 0 unspecified atom stereocenters. The van der Waals surface area contributed by atoms with Crippen LogP contribution in [0, 0.1) is 0 Å². The summed E-state index contributed by atoms with van der Waals surface area (Å²) in [6, 6.07) is 1.01. The van der Waals surface area contributed by atoms with Crippen molar-refractivity contribution in [2.45, 2.75) is 0 Å². The summed E-state index contributed by atoms with van der Waals surface area (Å²) in [6.45, 7) is 0. The van der Waals surface area contributed by atoms with E-state index < -0.39 is 23.4 Å². The van der Waals surface area contributed by atoms with Crippen LogP contribution in [0.5, 0.6) is 11.6 Å². The van der Waals surface area contributed by atoms with Crippen LogP contribution in [0.15, 0.2) is 16.1 Å². The predicted octanol–water partition coefficient (Wildman–Crippen LogP) is -2.20. The fraction of sp³-hybridized carbons (Fsp3) is 0. The molecule has 0 saturated heterocycles. The highest BCUT2D eigenvalue weighted by atomic mass is 16.3. The van der Waals surface area contributed by atoms with E-state index in [0.29, 0.717) is 0 Å². The minimum Gasteiger partial charge on any atom is -0.503 e. The lowest BCUT2D eigenvalue weighted by Crippen LogP contribution is -2.36. The first-order chi connectivity index (χ1) is 6.58. The summed E-state index contributed by atoms with van der Waals surface area (Å²) < 4.78 is 0. The van der Waals surface area contributed by atoms with Gasteiger partial charge in [-0.05, 0) is 0 Å². The van der Waals surface area contributed by atoms with E-state index >= 15 is 0 Å². The standard InChI is InChI=1S/C7H3N3O4/c11-3-1-2-4(9-5(3)12)10-7(14)6(13)8-2/h1,11H,(H,9,10,12,14). The molecule has 0 aliphatic carbocycles. The highest BCUT2D eigenvalue weighted by Gasteiger charge is 2.17. The predicted molar refractivity (Wildman–Crippen MR) is 39.9 cm³/mol. The number of hydrogen-bond donors (Lipinski definition) is 2. The largest absolute Gasteiger partial charge is 0.503 e. The summed E-state index contributed by atoms with van der Waals surface area (Å²) in [4.78, 5) is 31.5. The van der Waals surface area contributed by atoms with Gasteiger partial charge in [-0.15, -0.1) is 0 Å². The molecule has 7 nitrogen and oxygen atoms in total. The Balaban J connectivity index is 2.87. The minimum absolute atomic E-state index is 0.0371. The Morgan fingerprint density at radius 3 is 2.43 bits per heavy atom. The summed E-state index contributed by atoms with van der Waals surface area (Å²) in [5, 5.41) is 17.9. The number of fused-ring (bicyclic) bond motifs is 1. The zero-order chi connectivity index (χ0) is 10.3. The van der Waals surface area contributed by atoms with Crippen molar-refractivity contribution in [3.05, 3.63) is 16.9 Å². The van der Waals surface area contributed by atoms with E-state index in [9.17, 15) is 9.59 Å². The van der Waals surface area contributed by atoms with Crippen molar-refractivity contribution in [3.63, 3.8) is 0 Å². The molecule has 0 spiro atoms. The quantitative estimate of drug-likeness (QED) is 0.454. The lowest BCUT2D eigenvalue weighted by atomic mass is 10.4. The molecular weight excluding hydrogens is 190 g/mol. The minimum atomic E-state index is -1.05. The van der Waals surface area contributed by atoms with Gasteiger partial charge in [0.2, 0.25) is 0 Å². The molecule has 7 heteroatoms. The van der Waals surface area contributed by atoms with Crippen LogP contribution in [0.4, 0.5) is 0 Å². The fourth-order valence-electron chi connectivity index (χ4n) is 0.939. The van der Waals surface area contributed by atoms with Crippen molar-refractivity contribution in [1.82, 2.24) is 4.98 Å². The molecule has 0 fully saturated rings. The second-order valence-electron chi connectivity index (χ2n) is 2.51. The van der Waals surface area contributed by atoms with Crippen LogP contribution in [0.2, 0.25) is 0 Å². The second-order valence-corrected chi connectivity index (χ2v) is 2.51. The number of aromatic nitrogens is 1. The first-order valence-corrected chi connectivity index (χ1v) is 3.52. The monoisotopic (exact) mass is 193 g/mol. The average Bonchev–Trinajstić information content (AvgIpc) is 2.11. The SMILES string of the molecule is O=C1N=c2cc(O)c(O)nc2=NC1=O. The first kappa shape index (κ1) is 8.30. The summed E-state index contributed by atoms with van der Waals surface area (Å²) in [7, 11) is 0. The van der Waals surface area contributed by atoms with Crippen molar-refractivity contribution < 1.29 is 19.8 Å². The molecule has 2 heterocycles. The van der Waals surface area contributed by atoms with Crippen molar-refractivity contribution in [1.29, 1.82) is 0 Å². The van der Waals surface area contributed by atoms with E-state index in [1.54, 1.807) is 0 Å². The molecule has 0 aromatic carbocycles. The van der Waals surface area contributed by atoms with E-state index in [0.717, 1.165) is 6.07 Å². The summed E-state index contributed by atoms with van der Waals surface area (Å²) >= 11 is 0. The van der Waals surface area contributed by atoms with Crippen LogP contribution < -0.4 is 10.8 Å². The van der Waals surface area contributed by atoms with E-state index in [1.165, 1.54) is 0 Å². The van der Waals surface area contributed by atoms with Gasteiger partial charge < -0.3 is 10.2 Å². The molecule has 70 valence electrons. The van der Waals surface area contributed by atoms with Crippen molar-refractivity contribution in [2.24, 2.45) is 9.98 Å². The maximum absolute atomic E-state index is 10.8. The van der Waals surface area contributed by atoms with E-state index in [1.807, 2.05) is 0 Å². The van der Waals surface area contributed by atoms with Gasteiger partial charge in [0.25, 0.3) is 5.88 Å². The Bertz CT molecular complexity index is 512. The van der Waals surface area contributed by atoms with Crippen LogP contribution in [0.3, 0.4) is 0 Å². The Hall–Kier alpha value is -2.31. The molecule has 0 saturated carbocycles. The van der Waals surface area contributed by atoms with Gasteiger partial charge in [-0.3, -0.25) is 9.59 Å². The number of carbonyl (C=O) groups excluding carboxylic acids is 2. The molecule has 1 aromatic heterocycles. The Morgan fingerprint density at radius 1 is 1.07 bits per heavy atom. The van der Waals surface area contributed by atoms with E-state index in [-0.39, 0.29) is 10.8 Å². The number of pyridine rings is 1. The molecule has 2 rings (SSSR count). The Kier molecular flexibility index (Phi) is 1.53. The van der Waals surface area contributed by atoms with Gasteiger partial charge in [-0.2, -0.15) is 9.98 Å². The van der Waals surface area contributed by atoms with Crippen LogP contribution >= 0.6 is 0 Å². The molecule has 1 aliphatic rings. The lowest BCUT2D eigenvalue weighted by Gasteiger charge is -1.98. The smallest absolute Gasteiger partial charge is 0.339 e. The third kappa shape index (κ3) is 1.11. The topological polar surface area (TPSA) is 112 Å². The lowest BCUT2D eigenvalue weighted by molar-refractivity contribution is -0.135. The Morgan fingerprint density at radius 2 is 1.71 bits per heavy atom. The summed E-state index contributed by atoms with van der Waals surface area (Å²) in [5.41, 5.74) is -0.176. The van der Waals surface area contributed by atoms with Crippen molar-refractivity contribution in [2.75, 3.05) is 0 Å². The molecule has 2 N–H and O–H groups in total. The van der Waals surface area contributed by atoms with Gasteiger partial charge in [0.05, 0.1) is 0 Å². The molecule has 0 bridgehead atoms. The normalized spacial score (nSPS) is 14.3. The first-order valence-electron chi connectivity index (χ1n) is 3.52. The fourth-order valence-corrected chi connectivity index (χ4v) is 0.939. The molecule has 14 heavy (non-hydrogen) atoms. The third-order valence-corrected chi connectivity index (χ3v) is 1.56. The maximum Gasteiger partial charge on any atom is 0.339 e. The highest BCUT2D eigenvalue weighted by molar-refractivity contribution is 6.36. The number of hydrogen-bond acceptors (Lipinski definition) is 5. The van der Waals surface area contributed by atoms with E-state index in [2.05, 4.69) is 15.0 Å². The zero-order valence-corrected chi connectivity index (χ0v) is 6.63. The number of carbonyl (C=O) groups is 2. The van der Waals surface area contributed by atoms with Crippen LogP contribution in [0.1, 0.15) is 0 Å². The molecule has 0 atom stereocenters. The number of aromatic hydroxyl groups is 2. The van der Waals surface area contributed by atoms with Crippen LogP contribution in [-0.4, -0.2) is 27.0 Å². The summed E-state index contributed by atoms with van der Waals surface area (Å²) in [6.07, 6.45) is 0. The van der Waals surface area contributed by atoms with Gasteiger partial charge in [0.15, 0.2) is 11.2 Å². The third-order valence-electron chi connectivity index (χ3n) is 1.56. The van der Waals surface area contributed by atoms with Crippen molar-refractivity contribution in [3.8, 4) is 11.6 Å². The summed E-state index contributed by atoms with van der Waals surface area (Å²) in [5.74, 6) is -3.26. The van der Waals surface area contributed by atoms with Crippen LogP contribution in [-0.2, 0) is 9.59 Å². The number of nitrogens with zero attached hydrogens (tertiary/aromatic N) is 3. The molecule has 1 aliphatic heterocycles. The van der Waals surface area contributed by atoms with Gasteiger partial charge in [-0.25, -0.2) is 4.99 Å². The van der Waals surface area contributed by atoms with Crippen LogP contribution in [0.25, 0.3) is 0 Å². The molecule has 0 radical (unpaired) electrons. The number of rotatable bonds is 0. The highest BCUT2D eigenvalue weighted by Crippen LogP contribution is 2.15. The number of amides is 2. The Labute approximate surface area is 76.1 Å². The van der Waals surface area contributed by atoms with Gasteiger partial charge >= 0.3 is 11.8 Å². The van der Waals surface area contributed by atoms with Gasteiger partial charge in [0, 0.05) is 6.07 Å². The maximum atomic E-state index is 10.8. The molecule has 2 amide bonds. The average molecular weight is 193 g/mol. The second kappa shape index (κ2) is 2.59. The van der Waals surface area contributed by atoms with Crippen molar-refractivity contribution >= 4 is 11.8 Å². The molecular formula is C7H3N3O4. The van der Waals surface area contributed by atoms with E-state index in [4.69, 9.17) is 10.2 Å². The zero-order valence-electron chi connectivity index (χ0n) is 6.63. The van der Waals surface area contributed by atoms with Gasteiger partial charge in [-0.1, -0.05) is 0 Å².